The molecule has 0 amide bonds. The zero-order valence-electron chi connectivity index (χ0n) is 10.4. The average molecular weight is 290 g/mol. The molecule has 0 aliphatic heterocycles. The molecular weight excluding hydrogens is 281 g/mol. The van der Waals surface area contributed by atoms with E-state index in [-0.39, 0.29) is 56.9 Å². The van der Waals surface area contributed by atoms with Crippen molar-refractivity contribution in [2.24, 2.45) is 0 Å². The summed E-state index contributed by atoms with van der Waals surface area (Å²) in [6, 6.07) is 0. The summed E-state index contributed by atoms with van der Waals surface area (Å²) in [6.07, 6.45) is -1.83. The Kier molecular flexibility index (Phi) is 17.6. The molecule has 14 heteroatoms. The van der Waals surface area contributed by atoms with E-state index in [2.05, 4.69) is 4.31 Å². The predicted molar refractivity (Wildman–Crippen MR) is 44.9 cm³/mol. The van der Waals surface area contributed by atoms with Crippen LogP contribution in [0.4, 0.5) is 4.79 Å². The van der Waals surface area contributed by atoms with Crippen molar-refractivity contribution in [2.75, 3.05) is 0 Å². The van der Waals surface area contributed by atoms with Gasteiger partial charge < -0.3 is 34.1 Å². The van der Waals surface area contributed by atoms with Crippen molar-refractivity contribution in [1.82, 2.24) is 0 Å². The molecule has 0 unspecified atom stereocenters. The van der Waals surface area contributed by atoms with Crippen LogP contribution < -0.4 is 29.6 Å². The third-order valence-corrected chi connectivity index (χ3v) is 1.91. The Morgan fingerprint density at radius 1 is 1.00 bits per heavy atom. The molecule has 0 aromatic carbocycles. The normalized spacial score (nSPS) is 9.87. The second-order valence-corrected chi connectivity index (χ2v) is 3.96. The van der Waals surface area contributed by atoms with Gasteiger partial charge in [-0.15, -0.1) is 0 Å². The summed E-state index contributed by atoms with van der Waals surface area (Å²) in [5.41, 5.74) is 0. The maximum Gasteiger partial charge on any atom is 2.00 e. The molecule has 10 nitrogen and oxygen atoms in total. The van der Waals surface area contributed by atoms with Gasteiger partial charge in [0.1, 0.15) is 0 Å². The standard InChI is InChI=1S/CH2O3.Mg.Na.H4O7P2.3H/c2-1(3)4;;;1-8(2,3)7-9(4,5)6;;;/h(H2,2,3,4);;;(H2,1,2,3)(H2,4,5,6);;;/q;+2;+1;;3*-1. The summed E-state index contributed by atoms with van der Waals surface area (Å²) in [5.74, 6) is 0. The van der Waals surface area contributed by atoms with Crippen molar-refractivity contribution in [1.29, 1.82) is 0 Å². The molecule has 0 aliphatic carbocycles. The molecule has 0 bridgehead atoms. The Morgan fingerprint density at radius 2 is 1.13 bits per heavy atom. The Balaban J connectivity index is -0.0000000243. The molecule has 0 aromatic rings. The number of hydrogen-bond donors (Lipinski definition) is 6. The van der Waals surface area contributed by atoms with Crippen LogP contribution >= 0.6 is 15.6 Å². The van der Waals surface area contributed by atoms with Crippen molar-refractivity contribution < 1.29 is 81.9 Å². The zero-order chi connectivity index (χ0) is 11.3. The van der Waals surface area contributed by atoms with Crippen molar-refractivity contribution >= 4 is 44.9 Å². The van der Waals surface area contributed by atoms with Crippen molar-refractivity contribution in [2.45, 2.75) is 0 Å². The molecule has 0 fully saturated rings. The van der Waals surface area contributed by atoms with Gasteiger partial charge >= 0.3 is 74.4 Å². The number of hydrogen-bond acceptors (Lipinski definition) is 4. The van der Waals surface area contributed by atoms with Gasteiger partial charge in [0, 0.05) is 0 Å². The molecule has 0 heterocycles. The van der Waals surface area contributed by atoms with Gasteiger partial charge in [-0.25, -0.2) is 13.9 Å². The summed E-state index contributed by atoms with van der Waals surface area (Å²) >= 11 is 0. The molecule has 0 atom stereocenters. The van der Waals surface area contributed by atoms with Gasteiger partial charge in [-0.2, -0.15) is 4.31 Å². The van der Waals surface area contributed by atoms with Gasteiger partial charge in [-0.1, -0.05) is 0 Å². The zero-order valence-corrected chi connectivity index (χ0v) is 12.6. The Morgan fingerprint density at radius 3 is 1.13 bits per heavy atom. The first-order chi connectivity index (χ1) is 5.44. The van der Waals surface area contributed by atoms with Crippen molar-refractivity contribution in [3.05, 3.63) is 0 Å². The monoisotopic (exact) mass is 290 g/mol. The first-order valence-corrected chi connectivity index (χ1v) is 5.24. The Hall–Kier alpha value is 1.30. The second-order valence-electron chi connectivity index (χ2n) is 1.35. The van der Waals surface area contributed by atoms with Crippen LogP contribution in [-0.2, 0) is 13.4 Å². The Bertz CT molecular complexity index is 240. The molecule has 0 spiro atoms. The van der Waals surface area contributed by atoms with Crippen LogP contribution in [0.25, 0.3) is 0 Å². The second kappa shape index (κ2) is 10.5. The van der Waals surface area contributed by atoms with Crippen LogP contribution in [0.2, 0.25) is 0 Å². The predicted octanol–water partition coefficient (Wildman–Crippen LogP) is -3.63. The van der Waals surface area contributed by atoms with E-state index in [0.29, 0.717) is 0 Å². The molecule has 0 saturated heterocycles. The van der Waals surface area contributed by atoms with E-state index in [9.17, 15) is 9.13 Å². The van der Waals surface area contributed by atoms with Crippen LogP contribution in [0.3, 0.4) is 0 Å². The van der Waals surface area contributed by atoms with E-state index in [1.807, 2.05) is 0 Å². The van der Waals surface area contributed by atoms with E-state index in [1.54, 1.807) is 0 Å². The van der Waals surface area contributed by atoms with Crippen molar-refractivity contribution in [3.8, 4) is 0 Å². The number of phosphoric acid groups is 2. The largest absolute Gasteiger partial charge is 2.00 e. The fourth-order valence-corrected chi connectivity index (χ4v) is 1.25. The maximum absolute atomic E-state index is 9.63. The molecule has 0 aliphatic rings. The number of carboxylic acid groups (broad SMARTS) is 2. The first-order valence-electron chi connectivity index (χ1n) is 2.18. The van der Waals surface area contributed by atoms with Gasteiger partial charge in [0.15, 0.2) is 0 Å². The minimum atomic E-state index is -5.05. The first kappa shape index (κ1) is 25.2. The fraction of sp³-hybridized carbons (Fsp3) is 0. The van der Waals surface area contributed by atoms with Gasteiger partial charge in [-0.05, 0) is 0 Å². The van der Waals surface area contributed by atoms with E-state index in [0.717, 1.165) is 0 Å². The SMILES string of the molecule is O=C(O)O.O=P(O)(O)OP(=O)(O)O.[H-].[H-].[H-].[Mg+2].[Na+]. The fourth-order valence-electron chi connectivity index (χ4n) is 0.139. The van der Waals surface area contributed by atoms with Crippen LogP contribution in [-0.4, -0.2) is 59.0 Å². The molecule has 15 heavy (non-hydrogen) atoms. The molecule has 0 rings (SSSR count). The summed E-state index contributed by atoms with van der Waals surface area (Å²) < 4.78 is 22.2. The maximum atomic E-state index is 9.63. The molecule has 0 saturated carbocycles. The number of rotatable bonds is 2. The van der Waals surface area contributed by atoms with E-state index in [1.165, 1.54) is 0 Å². The van der Waals surface area contributed by atoms with Gasteiger partial charge in [-0.3, -0.25) is 0 Å². The smallest absolute Gasteiger partial charge is 1.00 e. The molecular formula is CH9MgNaO10P2. The quantitative estimate of drug-likeness (QED) is 0.219. The van der Waals surface area contributed by atoms with Crippen LogP contribution in [0.5, 0.6) is 0 Å². The number of carbonyl (C=O) groups is 1. The average Bonchev–Trinajstić information content (AvgIpc) is 1.47. The summed E-state index contributed by atoms with van der Waals surface area (Å²) in [4.78, 5) is 39.6. The van der Waals surface area contributed by atoms with Gasteiger partial charge in [0.25, 0.3) is 0 Å². The summed E-state index contributed by atoms with van der Waals surface area (Å²) in [6.45, 7) is 0. The van der Waals surface area contributed by atoms with Gasteiger partial charge in [0.05, 0.1) is 0 Å². The molecule has 6 N–H and O–H groups in total. The third kappa shape index (κ3) is 50.8. The topological polar surface area (TPSA) is 182 Å². The van der Waals surface area contributed by atoms with Crippen LogP contribution in [0, 0.1) is 0 Å². The molecule has 0 aromatic heterocycles. The van der Waals surface area contributed by atoms with Gasteiger partial charge in [0.2, 0.25) is 0 Å². The minimum Gasteiger partial charge on any atom is -1.00 e. The molecule has 86 valence electrons. The van der Waals surface area contributed by atoms with Crippen LogP contribution in [0.1, 0.15) is 4.28 Å². The Labute approximate surface area is 126 Å². The van der Waals surface area contributed by atoms with Crippen molar-refractivity contribution in [3.63, 3.8) is 0 Å². The molecule has 0 radical (unpaired) electrons. The van der Waals surface area contributed by atoms with E-state index < -0.39 is 21.8 Å². The summed E-state index contributed by atoms with van der Waals surface area (Å²) in [5, 5.41) is 13.9. The third-order valence-electron chi connectivity index (χ3n) is 0.213. The summed E-state index contributed by atoms with van der Waals surface area (Å²) in [7, 11) is -10.1. The van der Waals surface area contributed by atoms with Crippen LogP contribution in [0.15, 0.2) is 0 Å². The van der Waals surface area contributed by atoms with E-state index in [4.69, 9.17) is 34.6 Å². The minimum absolute atomic E-state index is 0. The van der Waals surface area contributed by atoms with E-state index >= 15 is 0 Å².